The van der Waals surface area contributed by atoms with Gasteiger partial charge in [-0.3, -0.25) is 4.21 Å². The molecule has 1 atom stereocenters. The number of nitrogens with two attached hydrogens (primary N) is 1. The molecule has 1 unspecified atom stereocenters. The van der Waals surface area contributed by atoms with Gasteiger partial charge in [-0.2, -0.15) is 4.31 Å². The van der Waals surface area contributed by atoms with E-state index in [0.717, 1.165) is 0 Å². The minimum absolute atomic E-state index is 0.209. The van der Waals surface area contributed by atoms with E-state index in [-0.39, 0.29) is 10.9 Å². The predicted molar refractivity (Wildman–Crippen MR) is 41.9 cm³/mol. The summed E-state index contributed by atoms with van der Waals surface area (Å²) in [7, 11) is 0. The Morgan fingerprint density at radius 2 is 2.23 bits per heavy atom. The summed E-state index contributed by atoms with van der Waals surface area (Å²) in [5.74, 6) is 0. The average Bonchev–Trinajstić information content (AvgIpc) is 1.99. The lowest BCUT2D eigenvalue weighted by Gasteiger charge is -2.18. The van der Waals surface area contributed by atoms with Crippen LogP contribution in [0.4, 0.5) is 9.59 Å². The van der Waals surface area contributed by atoms with Crippen LogP contribution in [0.1, 0.15) is 0 Å². The molecule has 0 aromatic heterocycles. The summed E-state index contributed by atoms with van der Waals surface area (Å²) in [4.78, 5) is 21.1. The fourth-order valence-corrected chi connectivity index (χ4v) is 0.734. The molecule has 7 nitrogen and oxygen atoms in total. The zero-order valence-corrected chi connectivity index (χ0v) is 7.28. The Kier molecular flexibility index (Phi) is 4.70. The highest BCUT2D eigenvalue weighted by Crippen LogP contribution is 1.96. The van der Waals surface area contributed by atoms with E-state index in [9.17, 15) is 18.4 Å². The zero-order chi connectivity index (χ0) is 10.4. The van der Waals surface area contributed by atoms with E-state index < -0.39 is 23.4 Å². The highest BCUT2D eigenvalue weighted by atomic mass is 32.2. The lowest BCUT2D eigenvalue weighted by molar-refractivity contribution is 0.140. The molecule has 0 rings (SSSR count). The molecule has 74 valence electrons. The van der Waals surface area contributed by atoms with Gasteiger partial charge in [-0.1, -0.05) is 12.7 Å². The number of hydrogen-bond acceptors (Lipinski definition) is 5. The minimum atomic E-state index is -3.07. The number of carbonyl (C=O) groups is 2. The van der Waals surface area contributed by atoms with E-state index in [1.165, 1.54) is 6.08 Å². The number of primary amides is 1. The molecule has 0 bridgehead atoms. The van der Waals surface area contributed by atoms with Gasteiger partial charge in [-0.25, -0.2) is 9.59 Å². The van der Waals surface area contributed by atoms with Gasteiger partial charge in [0.15, 0.2) is 0 Å². The van der Waals surface area contributed by atoms with Crippen molar-refractivity contribution in [2.45, 2.75) is 0 Å². The molecule has 0 heterocycles. The number of ether oxygens (including phenoxy) is 1. The third-order valence-electron chi connectivity index (χ3n) is 0.840. The summed E-state index contributed by atoms with van der Waals surface area (Å²) in [6.45, 7) is 3.01. The summed E-state index contributed by atoms with van der Waals surface area (Å²) in [5, 5.41) is 0. The van der Waals surface area contributed by atoms with Crippen LogP contribution in [0, 0.1) is 0 Å². The van der Waals surface area contributed by atoms with Gasteiger partial charge >= 0.3 is 12.1 Å². The fraction of sp³-hybridized carbons (Fsp3) is 0.200. The van der Waals surface area contributed by atoms with Crippen molar-refractivity contribution in [1.82, 2.24) is 4.31 Å². The van der Waals surface area contributed by atoms with E-state index in [0.29, 0.717) is 0 Å². The van der Waals surface area contributed by atoms with Crippen LogP contribution >= 0.6 is 0 Å². The van der Waals surface area contributed by atoms with Crippen molar-refractivity contribution in [2.75, 3.05) is 6.61 Å². The molecule has 0 radical (unpaired) electrons. The monoisotopic (exact) mass is 207 g/mol. The smallest absolute Gasteiger partial charge is 0.429 e. The van der Waals surface area contributed by atoms with E-state index in [4.69, 9.17) is 0 Å². The van der Waals surface area contributed by atoms with Crippen LogP contribution in [0.25, 0.3) is 0 Å². The van der Waals surface area contributed by atoms with Crippen molar-refractivity contribution in [3.8, 4) is 0 Å². The van der Waals surface area contributed by atoms with Crippen molar-refractivity contribution in [3.63, 3.8) is 0 Å². The van der Waals surface area contributed by atoms with Crippen molar-refractivity contribution in [2.24, 2.45) is 5.73 Å². The quantitative estimate of drug-likeness (QED) is 0.494. The Hall–Kier alpha value is -1.41. The second-order valence-corrected chi connectivity index (χ2v) is 2.51. The molecule has 3 amide bonds. The lowest BCUT2D eigenvalue weighted by Crippen LogP contribution is -2.42. The summed E-state index contributed by atoms with van der Waals surface area (Å²) >= 11 is -3.07. The fourth-order valence-electron chi connectivity index (χ4n) is 0.413. The summed E-state index contributed by atoms with van der Waals surface area (Å²) in [5.41, 5.74) is 4.58. The van der Waals surface area contributed by atoms with E-state index in [1.807, 2.05) is 0 Å². The maximum Gasteiger partial charge on any atom is 0.429 e. The second-order valence-electron chi connectivity index (χ2n) is 1.72. The third-order valence-corrected chi connectivity index (χ3v) is 1.47. The molecule has 0 aromatic rings. The maximum atomic E-state index is 10.7. The average molecular weight is 207 g/mol. The van der Waals surface area contributed by atoms with Gasteiger partial charge in [0.1, 0.15) is 6.61 Å². The van der Waals surface area contributed by atoms with Crippen molar-refractivity contribution >= 4 is 23.4 Å². The van der Waals surface area contributed by atoms with Gasteiger partial charge in [0.2, 0.25) is 0 Å². The molecule has 8 heteroatoms. The molecule has 0 aliphatic rings. The van der Waals surface area contributed by atoms with Crippen LogP contribution in [0.5, 0.6) is 0 Å². The Morgan fingerprint density at radius 1 is 1.69 bits per heavy atom. The zero-order valence-electron chi connectivity index (χ0n) is 6.47. The highest BCUT2D eigenvalue weighted by molar-refractivity contribution is 7.77. The van der Waals surface area contributed by atoms with Crippen LogP contribution in [-0.2, 0) is 16.0 Å². The molecule has 0 saturated heterocycles. The van der Waals surface area contributed by atoms with E-state index in [2.05, 4.69) is 17.0 Å². The number of nitrogens with zero attached hydrogens (tertiary/aromatic N) is 1. The highest BCUT2D eigenvalue weighted by Gasteiger charge is 2.20. The molecular weight excluding hydrogens is 200 g/mol. The van der Waals surface area contributed by atoms with Gasteiger partial charge in [-0.05, 0) is 0 Å². The molecule has 13 heavy (non-hydrogen) atoms. The van der Waals surface area contributed by atoms with Gasteiger partial charge in [0.25, 0.3) is 0 Å². The number of carbonyl (C=O) groups excluding carboxylic acids is 2. The van der Waals surface area contributed by atoms with Crippen LogP contribution in [0.2, 0.25) is 0 Å². The molecule has 0 fully saturated rings. The minimum Gasteiger partial charge on any atom is -0.755 e. The van der Waals surface area contributed by atoms with E-state index >= 15 is 0 Å². The SMILES string of the molecule is C=CCOC(=O)N(C(N)=O)S(=O)[O-]. The summed E-state index contributed by atoms with van der Waals surface area (Å²) in [6, 6.07) is -1.43. The van der Waals surface area contributed by atoms with Crippen LogP contribution < -0.4 is 5.73 Å². The first-order valence-corrected chi connectivity index (χ1v) is 4.00. The lowest BCUT2D eigenvalue weighted by atomic mass is 10.7. The van der Waals surface area contributed by atoms with Crippen molar-refractivity contribution in [3.05, 3.63) is 12.7 Å². The number of amides is 3. The Labute approximate surface area is 76.6 Å². The van der Waals surface area contributed by atoms with Gasteiger partial charge in [-0.15, -0.1) is 0 Å². The first-order valence-electron chi connectivity index (χ1n) is 2.97. The molecular formula is C5H7N2O5S-. The van der Waals surface area contributed by atoms with Gasteiger partial charge in [0, 0.05) is 0 Å². The van der Waals surface area contributed by atoms with Crippen LogP contribution in [0.15, 0.2) is 12.7 Å². The third kappa shape index (κ3) is 3.67. The molecule has 0 aliphatic heterocycles. The molecule has 0 saturated carbocycles. The number of urea groups is 1. The Morgan fingerprint density at radius 3 is 2.54 bits per heavy atom. The molecule has 0 aliphatic carbocycles. The summed E-state index contributed by atoms with van der Waals surface area (Å²) in [6.07, 6.45) is -0.147. The summed E-state index contributed by atoms with van der Waals surface area (Å²) < 4.78 is 24.5. The number of hydrogen-bond donors (Lipinski definition) is 1. The van der Waals surface area contributed by atoms with Gasteiger partial charge in [0.05, 0.1) is 11.3 Å². The van der Waals surface area contributed by atoms with Gasteiger partial charge < -0.3 is 15.0 Å². The largest absolute Gasteiger partial charge is 0.755 e. The molecule has 2 N–H and O–H groups in total. The van der Waals surface area contributed by atoms with Crippen molar-refractivity contribution < 1.29 is 23.1 Å². The Balaban J connectivity index is 4.38. The second kappa shape index (κ2) is 5.27. The topological polar surface area (TPSA) is 113 Å². The predicted octanol–water partition coefficient (Wildman–Crippen LogP) is -0.516. The normalized spacial score (nSPS) is 11.5. The Bertz CT molecular complexity index is 239. The molecule has 0 spiro atoms. The number of rotatable bonds is 3. The maximum absolute atomic E-state index is 10.7. The van der Waals surface area contributed by atoms with E-state index in [1.54, 1.807) is 0 Å². The van der Waals surface area contributed by atoms with Crippen LogP contribution in [0.3, 0.4) is 0 Å². The number of imide groups is 1. The van der Waals surface area contributed by atoms with Crippen molar-refractivity contribution in [1.29, 1.82) is 0 Å². The standard InChI is InChI=1S/C5H8N2O5S/c1-2-3-12-5(9)7(4(6)8)13(10)11/h2H,1,3H2,(H2,6,8)(H,10,11)/p-1. The molecule has 0 aromatic carbocycles. The first-order chi connectivity index (χ1) is 6.00. The van der Waals surface area contributed by atoms with Crippen LogP contribution in [-0.4, -0.2) is 31.8 Å². The first kappa shape index (κ1) is 11.6.